The Morgan fingerprint density at radius 1 is 1.45 bits per heavy atom. The summed E-state index contributed by atoms with van der Waals surface area (Å²) in [5, 5.41) is 0. The summed E-state index contributed by atoms with van der Waals surface area (Å²) in [6.45, 7) is 2.18. The lowest BCUT2D eigenvalue weighted by molar-refractivity contribution is -0.112. The lowest BCUT2D eigenvalue weighted by Gasteiger charge is -2.23. The van der Waals surface area contributed by atoms with Crippen molar-refractivity contribution in [3.05, 3.63) is 12.2 Å². The molecule has 0 bridgehead atoms. The van der Waals surface area contributed by atoms with Crippen LogP contribution in [0.2, 0.25) is 0 Å². The van der Waals surface area contributed by atoms with Crippen molar-refractivity contribution in [3.63, 3.8) is 0 Å². The van der Waals surface area contributed by atoms with E-state index in [2.05, 4.69) is 19.1 Å². The van der Waals surface area contributed by atoms with Crippen LogP contribution in [0.5, 0.6) is 0 Å². The van der Waals surface area contributed by atoms with E-state index in [1.165, 1.54) is 12.8 Å². The quantitative estimate of drug-likeness (QED) is 0.448. The van der Waals surface area contributed by atoms with Crippen molar-refractivity contribution in [2.24, 2.45) is 11.8 Å². The average molecular weight is 152 g/mol. The third kappa shape index (κ3) is 2.18. The highest BCUT2D eigenvalue weighted by molar-refractivity contribution is 5.54. The van der Waals surface area contributed by atoms with Crippen LogP contribution in [0.1, 0.15) is 32.6 Å². The minimum absolute atomic E-state index is 0.306. The zero-order chi connectivity index (χ0) is 8.10. The fraction of sp³-hybridized carbons (Fsp3) is 0.700. The molecule has 0 spiro atoms. The zero-order valence-electron chi connectivity index (χ0n) is 7.12. The molecule has 0 aromatic rings. The van der Waals surface area contributed by atoms with Gasteiger partial charge in [-0.1, -0.05) is 25.5 Å². The summed E-state index contributed by atoms with van der Waals surface area (Å²) in [4.78, 5) is 10.6. The summed E-state index contributed by atoms with van der Waals surface area (Å²) in [6.07, 6.45) is 9.94. The van der Waals surface area contributed by atoms with Crippen LogP contribution in [-0.4, -0.2) is 6.29 Å². The summed E-state index contributed by atoms with van der Waals surface area (Å²) in [7, 11) is 0. The van der Waals surface area contributed by atoms with Gasteiger partial charge in [0.25, 0.3) is 0 Å². The second-order valence-electron chi connectivity index (χ2n) is 3.29. The van der Waals surface area contributed by atoms with Gasteiger partial charge in [0.2, 0.25) is 0 Å². The third-order valence-corrected chi connectivity index (χ3v) is 2.45. The van der Waals surface area contributed by atoms with E-state index in [9.17, 15) is 4.79 Å². The number of carbonyl (C=O) groups excluding carboxylic acids is 1. The predicted octanol–water partition coefficient (Wildman–Crippen LogP) is 2.57. The summed E-state index contributed by atoms with van der Waals surface area (Å²) in [6, 6.07) is 0. The SMILES string of the molecule is CCCC1CC=CCC1C=O. The predicted molar refractivity (Wildman–Crippen MR) is 46.3 cm³/mol. The molecule has 1 heteroatoms. The van der Waals surface area contributed by atoms with Gasteiger partial charge in [-0.25, -0.2) is 0 Å². The van der Waals surface area contributed by atoms with Crippen molar-refractivity contribution in [2.45, 2.75) is 32.6 Å². The Morgan fingerprint density at radius 3 is 2.82 bits per heavy atom. The van der Waals surface area contributed by atoms with Crippen molar-refractivity contribution in [3.8, 4) is 0 Å². The topological polar surface area (TPSA) is 17.1 Å². The van der Waals surface area contributed by atoms with E-state index >= 15 is 0 Å². The van der Waals surface area contributed by atoms with Crippen LogP contribution in [0.4, 0.5) is 0 Å². The smallest absolute Gasteiger partial charge is 0.123 e. The van der Waals surface area contributed by atoms with Crippen molar-refractivity contribution < 1.29 is 4.79 Å². The number of aldehydes is 1. The average Bonchev–Trinajstić information content (AvgIpc) is 2.06. The molecule has 0 amide bonds. The van der Waals surface area contributed by atoms with Gasteiger partial charge >= 0.3 is 0 Å². The Labute approximate surface area is 68.5 Å². The van der Waals surface area contributed by atoms with Gasteiger partial charge in [0.05, 0.1) is 0 Å². The molecule has 1 aliphatic carbocycles. The highest BCUT2D eigenvalue weighted by atomic mass is 16.1. The maximum atomic E-state index is 10.6. The van der Waals surface area contributed by atoms with Crippen molar-refractivity contribution >= 4 is 6.29 Å². The first-order valence-corrected chi connectivity index (χ1v) is 4.48. The fourth-order valence-corrected chi connectivity index (χ4v) is 1.76. The molecule has 0 aromatic heterocycles. The highest BCUT2D eigenvalue weighted by Crippen LogP contribution is 2.27. The van der Waals surface area contributed by atoms with E-state index in [1.54, 1.807) is 0 Å². The first-order valence-electron chi connectivity index (χ1n) is 4.48. The largest absolute Gasteiger partial charge is 0.303 e. The maximum Gasteiger partial charge on any atom is 0.123 e. The molecule has 1 rings (SSSR count). The molecule has 0 aliphatic heterocycles. The van der Waals surface area contributed by atoms with E-state index < -0.39 is 0 Å². The van der Waals surface area contributed by atoms with E-state index in [1.807, 2.05) is 0 Å². The van der Waals surface area contributed by atoms with Gasteiger partial charge in [-0.2, -0.15) is 0 Å². The summed E-state index contributed by atoms with van der Waals surface area (Å²) in [5.41, 5.74) is 0. The minimum Gasteiger partial charge on any atom is -0.303 e. The molecule has 0 aromatic carbocycles. The van der Waals surface area contributed by atoms with Gasteiger partial charge < -0.3 is 4.79 Å². The second-order valence-corrected chi connectivity index (χ2v) is 3.29. The molecular weight excluding hydrogens is 136 g/mol. The molecule has 1 aliphatic rings. The molecule has 0 fully saturated rings. The number of allylic oxidation sites excluding steroid dienone is 2. The molecule has 0 heterocycles. The van der Waals surface area contributed by atoms with Crippen LogP contribution >= 0.6 is 0 Å². The Balaban J connectivity index is 2.46. The molecule has 2 atom stereocenters. The number of rotatable bonds is 3. The van der Waals surface area contributed by atoms with Gasteiger partial charge in [-0.15, -0.1) is 0 Å². The van der Waals surface area contributed by atoms with Crippen molar-refractivity contribution in [1.29, 1.82) is 0 Å². The van der Waals surface area contributed by atoms with Gasteiger partial charge in [-0.3, -0.25) is 0 Å². The van der Waals surface area contributed by atoms with Crippen LogP contribution < -0.4 is 0 Å². The van der Waals surface area contributed by atoms with Crippen molar-refractivity contribution in [1.82, 2.24) is 0 Å². The first kappa shape index (κ1) is 8.51. The van der Waals surface area contributed by atoms with Gasteiger partial charge in [-0.05, 0) is 25.2 Å². The summed E-state index contributed by atoms with van der Waals surface area (Å²) >= 11 is 0. The lowest BCUT2D eigenvalue weighted by atomic mass is 9.81. The van der Waals surface area contributed by atoms with Gasteiger partial charge in [0.1, 0.15) is 6.29 Å². The van der Waals surface area contributed by atoms with E-state index in [-0.39, 0.29) is 0 Å². The fourth-order valence-electron chi connectivity index (χ4n) is 1.76. The maximum absolute atomic E-state index is 10.6. The molecule has 2 unspecified atom stereocenters. The molecule has 0 saturated carbocycles. The number of carbonyl (C=O) groups is 1. The molecule has 1 nitrogen and oxygen atoms in total. The number of hydrogen-bond donors (Lipinski definition) is 0. The second kappa shape index (κ2) is 4.32. The van der Waals surface area contributed by atoms with Gasteiger partial charge in [0.15, 0.2) is 0 Å². The van der Waals surface area contributed by atoms with E-state index in [4.69, 9.17) is 0 Å². The Bertz CT molecular complexity index is 149. The Kier molecular flexibility index (Phi) is 3.34. The van der Waals surface area contributed by atoms with Crippen LogP contribution in [0.15, 0.2) is 12.2 Å². The first-order chi connectivity index (χ1) is 5.38. The van der Waals surface area contributed by atoms with Crippen LogP contribution in [-0.2, 0) is 4.79 Å². The third-order valence-electron chi connectivity index (χ3n) is 2.45. The Hall–Kier alpha value is -0.590. The van der Waals surface area contributed by atoms with E-state index in [0.29, 0.717) is 11.8 Å². The normalized spacial score (nSPS) is 30.3. The van der Waals surface area contributed by atoms with Gasteiger partial charge in [0, 0.05) is 5.92 Å². The zero-order valence-corrected chi connectivity index (χ0v) is 7.12. The summed E-state index contributed by atoms with van der Waals surface area (Å²) in [5.74, 6) is 0.933. The molecule has 0 saturated heterocycles. The molecule has 0 N–H and O–H groups in total. The molecule has 0 radical (unpaired) electrons. The van der Waals surface area contributed by atoms with E-state index in [0.717, 1.165) is 19.1 Å². The summed E-state index contributed by atoms with van der Waals surface area (Å²) < 4.78 is 0. The molecule has 11 heavy (non-hydrogen) atoms. The lowest BCUT2D eigenvalue weighted by Crippen LogP contribution is -2.17. The minimum atomic E-state index is 0.306. The van der Waals surface area contributed by atoms with Crippen LogP contribution in [0, 0.1) is 11.8 Å². The highest BCUT2D eigenvalue weighted by Gasteiger charge is 2.20. The standard InChI is InChI=1S/C10H16O/c1-2-5-9-6-3-4-7-10(9)8-11/h3-4,8-10H,2,5-7H2,1H3. The van der Waals surface area contributed by atoms with Crippen LogP contribution in [0.25, 0.3) is 0 Å². The number of hydrogen-bond acceptors (Lipinski definition) is 1. The monoisotopic (exact) mass is 152 g/mol. The van der Waals surface area contributed by atoms with Crippen LogP contribution in [0.3, 0.4) is 0 Å². The molecule has 62 valence electrons. The van der Waals surface area contributed by atoms with Crippen molar-refractivity contribution in [2.75, 3.05) is 0 Å². The Morgan fingerprint density at radius 2 is 2.18 bits per heavy atom. The molecular formula is C10H16O.